The molecule has 0 saturated carbocycles. The van der Waals surface area contributed by atoms with E-state index in [1.54, 1.807) is 0 Å². The van der Waals surface area contributed by atoms with E-state index in [0.717, 1.165) is 11.6 Å². The van der Waals surface area contributed by atoms with Crippen LogP contribution in [0.1, 0.15) is 10.9 Å². The van der Waals surface area contributed by atoms with Crippen molar-refractivity contribution >= 4 is 35.8 Å². The fourth-order valence-electron chi connectivity index (χ4n) is 1.28. The second-order valence-corrected chi connectivity index (χ2v) is 4.41. The third-order valence-electron chi connectivity index (χ3n) is 1.89. The Morgan fingerprint density at radius 1 is 1.31 bits per heavy atom. The van der Waals surface area contributed by atoms with Crippen molar-refractivity contribution in [1.29, 1.82) is 0 Å². The van der Waals surface area contributed by atoms with Crippen LogP contribution in [0.25, 0.3) is 0 Å². The van der Waals surface area contributed by atoms with Gasteiger partial charge in [0.15, 0.2) is 0 Å². The summed E-state index contributed by atoms with van der Waals surface area (Å²) < 4.78 is 0. The van der Waals surface area contributed by atoms with Crippen molar-refractivity contribution in [3.05, 3.63) is 34.9 Å². The molecule has 1 aliphatic rings. The Bertz CT molecular complexity index is 257. The molecule has 1 nitrogen and oxygen atoms in total. The lowest BCUT2D eigenvalue weighted by Gasteiger charge is -2.08. The summed E-state index contributed by atoms with van der Waals surface area (Å²) in [7, 11) is 0. The standard InChI is InChI=1S/C9H10ClNS.ClH/c10-8-3-1-7(2-4-8)9-11-5-6-12-9;/h1-4,9,11H,5-6H2;1H. The number of thioether (sulfide) groups is 1. The molecule has 4 heteroatoms. The highest BCUT2D eigenvalue weighted by atomic mass is 35.5. The van der Waals surface area contributed by atoms with Gasteiger partial charge in [0.1, 0.15) is 0 Å². The van der Waals surface area contributed by atoms with E-state index < -0.39 is 0 Å². The number of nitrogens with one attached hydrogen (secondary N) is 1. The fraction of sp³-hybridized carbons (Fsp3) is 0.333. The molecule has 0 aliphatic carbocycles. The van der Waals surface area contributed by atoms with Gasteiger partial charge < -0.3 is 5.32 Å². The Hall–Kier alpha value is 0.110. The average molecular weight is 236 g/mol. The highest BCUT2D eigenvalue weighted by Gasteiger charge is 2.15. The van der Waals surface area contributed by atoms with Gasteiger partial charge in [0.25, 0.3) is 0 Å². The summed E-state index contributed by atoms with van der Waals surface area (Å²) in [5.41, 5.74) is 1.32. The second-order valence-electron chi connectivity index (χ2n) is 2.76. The van der Waals surface area contributed by atoms with Crippen LogP contribution in [-0.2, 0) is 0 Å². The molecule has 1 aliphatic heterocycles. The number of hydrogen-bond donors (Lipinski definition) is 1. The van der Waals surface area contributed by atoms with Crippen molar-refractivity contribution < 1.29 is 0 Å². The summed E-state index contributed by atoms with van der Waals surface area (Å²) in [5, 5.41) is 4.69. The maximum absolute atomic E-state index is 5.79. The summed E-state index contributed by atoms with van der Waals surface area (Å²) in [4.78, 5) is 0. The fourth-order valence-corrected chi connectivity index (χ4v) is 2.46. The lowest BCUT2D eigenvalue weighted by Crippen LogP contribution is -2.11. The van der Waals surface area contributed by atoms with E-state index in [1.807, 2.05) is 23.9 Å². The molecule has 0 bridgehead atoms. The summed E-state index contributed by atoms with van der Waals surface area (Å²) in [5.74, 6) is 1.20. The molecule has 1 N–H and O–H groups in total. The van der Waals surface area contributed by atoms with Gasteiger partial charge in [-0.2, -0.15) is 0 Å². The summed E-state index contributed by atoms with van der Waals surface area (Å²) in [6, 6.07) is 8.05. The van der Waals surface area contributed by atoms with Crippen molar-refractivity contribution in [3.8, 4) is 0 Å². The van der Waals surface area contributed by atoms with Crippen molar-refractivity contribution in [1.82, 2.24) is 5.32 Å². The zero-order chi connectivity index (χ0) is 8.39. The van der Waals surface area contributed by atoms with Crippen LogP contribution in [0.3, 0.4) is 0 Å². The van der Waals surface area contributed by atoms with Gasteiger partial charge >= 0.3 is 0 Å². The van der Waals surface area contributed by atoms with E-state index in [4.69, 9.17) is 11.6 Å². The van der Waals surface area contributed by atoms with Gasteiger partial charge in [-0.05, 0) is 17.7 Å². The summed E-state index contributed by atoms with van der Waals surface area (Å²) in [6.07, 6.45) is 0. The molecule has 72 valence electrons. The predicted octanol–water partition coefficient (Wildman–Crippen LogP) is 3.10. The Kier molecular flexibility index (Phi) is 4.39. The molecule has 1 atom stereocenters. The van der Waals surface area contributed by atoms with Crippen molar-refractivity contribution in [2.24, 2.45) is 0 Å². The highest BCUT2D eigenvalue weighted by molar-refractivity contribution is 7.99. The molecule has 1 unspecified atom stereocenters. The van der Waals surface area contributed by atoms with Crippen molar-refractivity contribution in [2.75, 3.05) is 12.3 Å². The molecule has 1 heterocycles. The van der Waals surface area contributed by atoms with Gasteiger partial charge in [0, 0.05) is 17.3 Å². The van der Waals surface area contributed by atoms with Gasteiger partial charge in [-0.15, -0.1) is 24.2 Å². The lowest BCUT2D eigenvalue weighted by atomic mass is 10.2. The number of halogens is 2. The Balaban J connectivity index is 0.000000845. The van der Waals surface area contributed by atoms with E-state index in [0.29, 0.717) is 5.37 Å². The lowest BCUT2D eigenvalue weighted by molar-refractivity contribution is 0.751. The molecule has 0 spiro atoms. The first-order valence-corrected chi connectivity index (χ1v) is 5.39. The molecule has 1 aromatic rings. The Labute approximate surface area is 93.6 Å². The van der Waals surface area contributed by atoms with Crippen LogP contribution in [0.15, 0.2) is 24.3 Å². The third-order valence-corrected chi connectivity index (χ3v) is 3.35. The van der Waals surface area contributed by atoms with Gasteiger partial charge in [0.2, 0.25) is 0 Å². The van der Waals surface area contributed by atoms with Crippen LogP contribution in [0.2, 0.25) is 5.02 Å². The summed E-state index contributed by atoms with van der Waals surface area (Å²) in [6.45, 7) is 1.11. The molecule has 1 aromatic carbocycles. The third kappa shape index (κ3) is 2.78. The average Bonchev–Trinajstić information content (AvgIpc) is 2.58. The minimum Gasteiger partial charge on any atom is -0.301 e. The van der Waals surface area contributed by atoms with E-state index in [-0.39, 0.29) is 12.4 Å². The molecule has 1 fully saturated rings. The first-order chi connectivity index (χ1) is 5.86. The number of hydrogen-bond acceptors (Lipinski definition) is 2. The van der Waals surface area contributed by atoms with Crippen LogP contribution < -0.4 is 5.32 Å². The molecular weight excluding hydrogens is 225 g/mol. The van der Waals surface area contributed by atoms with Crippen LogP contribution in [0.5, 0.6) is 0 Å². The molecule has 2 rings (SSSR count). The Morgan fingerprint density at radius 2 is 2.00 bits per heavy atom. The molecule has 1 saturated heterocycles. The molecular formula is C9H11Cl2NS. The van der Waals surface area contributed by atoms with Gasteiger partial charge in [-0.3, -0.25) is 0 Å². The monoisotopic (exact) mass is 235 g/mol. The maximum atomic E-state index is 5.79. The topological polar surface area (TPSA) is 12.0 Å². The molecule has 0 radical (unpaired) electrons. The van der Waals surface area contributed by atoms with Crippen LogP contribution >= 0.6 is 35.8 Å². The van der Waals surface area contributed by atoms with E-state index in [2.05, 4.69) is 17.4 Å². The largest absolute Gasteiger partial charge is 0.301 e. The number of benzene rings is 1. The van der Waals surface area contributed by atoms with E-state index >= 15 is 0 Å². The van der Waals surface area contributed by atoms with Crippen LogP contribution in [0, 0.1) is 0 Å². The van der Waals surface area contributed by atoms with Crippen LogP contribution in [0.4, 0.5) is 0 Å². The van der Waals surface area contributed by atoms with Crippen molar-refractivity contribution in [3.63, 3.8) is 0 Å². The normalized spacial score (nSPS) is 21.2. The van der Waals surface area contributed by atoms with Gasteiger partial charge in [0.05, 0.1) is 5.37 Å². The summed E-state index contributed by atoms with van der Waals surface area (Å²) >= 11 is 7.74. The van der Waals surface area contributed by atoms with Gasteiger partial charge in [-0.25, -0.2) is 0 Å². The van der Waals surface area contributed by atoms with E-state index in [1.165, 1.54) is 11.3 Å². The predicted molar refractivity (Wildman–Crippen MR) is 61.9 cm³/mol. The SMILES string of the molecule is Cl.Clc1ccc(C2NCCS2)cc1. The van der Waals surface area contributed by atoms with E-state index in [9.17, 15) is 0 Å². The zero-order valence-corrected chi connectivity index (χ0v) is 9.38. The Morgan fingerprint density at radius 3 is 2.54 bits per heavy atom. The maximum Gasteiger partial charge on any atom is 0.0790 e. The zero-order valence-electron chi connectivity index (χ0n) is 7.00. The minimum atomic E-state index is 0. The molecule has 0 amide bonds. The molecule has 13 heavy (non-hydrogen) atoms. The van der Waals surface area contributed by atoms with Crippen LogP contribution in [-0.4, -0.2) is 12.3 Å². The molecule has 0 aromatic heterocycles. The minimum absolute atomic E-state index is 0. The second kappa shape index (κ2) is 5.11. The first-order valence-electron chi connectivity index (χ1n) is 3.97. The smallest absolute Gasteiger partial charge is 0.0790 e. The highest BCUT2D eigenvalue weighted by Crippen LogP contribution is 2.30. The quantitative estimate of drug-likeness (QED) is 0.804. The van der Waals surface area contributed by atoms with Crippen molar-refractivity contribution in [2.45, 2.75) is 5.37 Å². The van der Waals surface area contributed by atoms with Gasteiger partial charge in [-0.1, -0.05) is 23.7 Å². The first kappa shape index (κ1) is 11.2. The number of rotatable bonds is 1.